The zero-order valence-electron chi connectivity index (χ0n) is 20.0. The zero-order chi connectivity index (χ0) is 22.2. The van der Waals surface area contributed by atoms with E-state index in [1.807, 2.05) is 66.8 Å². The van der Waals surface area contributed by atoms with Gasteiger partial charge in [-0.15, -0.1) is 0 Å². The fourth-order valence-corrected chi connectivity index (χ4v) is 3.35. The minimum atomic E-state index is 0.290. The van der Waals surface area contributed by atoms with Crippen molar-refractivity contribution in [2.45, 2.75) is 93.4 Å². The average Bonchev–Trinajstić information content (AvgIpc) is 3.21. The summed E-state index contributed by atoms with van der Waals surface area (Å²) in [4.78, 5) is 16.2. The topological polar surface area (TPSA) is 38.7 Å². The molecule has 0 aromatic heterocycles. The fraction of sp³-hybridized carbons (Fsp3) is 0.615. The van der Waals surface area contributed by atoms with Gasteiger partial charge in [-0.05, 0) is 42.4 Å². The first kappa shape index (κ1) is 27.1. The average molecular weight is 402 g/mol. The maximum atomic E-state index is 11.7. The van der Waals surface area contributed by atoms with Crippen LogP contribution >= 0.6 is 0 Å². The molecule has 3 rings (SSSR count). The van der Waals surface area contributed by atoms with E-state index in [1.165, 1.54) is 11.3 Å². The van der Waals surface area contributed by atoms with E-state index in [-0.39, 0.29) is 5.78 Å². The molecule has 164 valence electrons. The number of fused-ring (bicyclic) bond motifs is 1. The number of rotatable bonds is 6. The molecular weight excluding hydrogens is 358 g/mol. The van der Waals surface area contributed by atoms with Crippen molar-refractivity contribution in [2.24, 2.45) is 10.9 Å². The van der Waals surface area contributed by atoms with Crippen molar-refractivity contribution in [1.82, 2.24) is 0 Å². The Labute approximate surface area is 179 Å². The van der Waals surface area contributed by atoms with Crippen molar-refractivity contribution in [1.29, 1.82) is 0 Å². The first-order valence-corrected chi connectivity index (χ1v) is 11.7. The molecule has 3 heteroatoms. The predicted molar refractivity (Wildman–Crippen MR) is 127 cm³/mol. The first-order valence-electron chi connectivity index (χ1n) is 11.7. The normalized spacial score (nSPS) is 18.4. The van der Waals surface area contributed by atoms with Crippen LogP contribution in [0.5, 0.6) is 5.75 Å². The van der Waals surface area contributed by atoms with E-state index < -0.39 is 0 Å². The summed E-state index contributed by atoms with van der Waals surface area (Å²) in [5.41, 5.74) is 3.59. The number of hydrogen-bond acceptors (Lipinski definition) is 3. The highest BCUT2D eigenvalue weighted by molar-refractivity contribution is 5.80. The van der Waals surface area contributed by atoms with E-state index in [1.54, 1.807) is 0 Å². The summed E-state index contributed by atoms with van der Waals surface area (Å²) in [6.07, 6.45) is 8.55. The molecule has 2 heterocycles. The molecule has 2 unspecified atom stereocenters. The molecule has 2 aliphatic heterocycles. The molecule has 1 aromatic carbocycles. The molecule has 3 nitrogen and oxygen atoms in total. The zero-order valence-corrected chi connectivity index (χ0v) is 20.0. The van der Waals surface area contributed by atoms with Gasteiger partial charge < -0.3 is 4.74 Å². The smallest absolute Gasteiger partial charge is 0.136 e. The number of carbonyl (C=O) groups excluding carboxylic acids is 1. The van der Waals surface area contributed by atoms with Gasteiger partial charge in [0.1, 0.15) is 11.5 Å². The van der Waals surface area contributed by atoms with Crippen LogP contribution in [0.4, 0.5) is 0 Å². The van der Waals surface area contributed by atoms with Gasteiger partial charge in [0.25, 0.3) is 0 Å². The van der Waals surface area contributed by atoms with Crippen LogP contribution in [-0.4, -0.2) is 18.6 Å². The second-order valence-corrected chi connectivity index (χ2v) is 6.61. The number of ketones is 1. The van der Waals surface area contributed by atoms with E-state index in [0.29, 0.717) is 24.7 Å². The lowest BCUT2D eigenvalue weighted by atomic mass is 9.87. The third-order valence-corrected chi connectivity index (χ3v) is 4.71. The van der Waals surface area contributed by atoms with Crippen LogP contribution in [0.1, 0.15) is 98.1 Å². The Bertz CT molecular complexity index is 646. The SMILES string of the molecule is CC.CC.CC.CCC(=O)Cc1ccc2c(c1)C(CCC1=CC(C)C=N1)CCO2. The number of Topliss-reactive ketones (excluding diaryl/α,β-unsaturated/α-hetero) is 1. The van der Waals surface area contributed by atoms with Gasteiger partial charge >= 0.3 is 0 Å². The Morgan fingerprint density at radius 3 is 2.41 bits per heavy atom. The minimum Gasteiger partial charge on any atom is -0.493 e. The summed E-state index contributed by atoms with van der Waals surface area (Å²) in [5.74, 6) is 2.25. The summed E-state index contributed by atoms with van der Waals surface area (Å²) in [6.45, 7) is 16.9. The molecule has 0 spiro atoms. The molecule has 0 saturated carbocycles. The Morgan fingerprint density at radius 1 is 1.14 bits per heavy atom. The van der Waals surface area contributed by atoms with Crippen molar-refractivity contribution in [3.05, 3.63) is 41.1 Å². The van der Waals surface area contributed by atoms with Crippen LogP contribution in [0.15, 0.2) is 35.0 Å². The van der Waals surface area contributed by atoms with Crippen molar-refractivity contribution >= 4 is 12.0 Å². The Kier molecular flexibility index (Phi) is 14.9. The van der Waals surface area contributed by atoms with Crippen LogP contribution in [0.25, 0.3) is 0 Å². The Balaban J connectivity index is 0.00000120. The van der Waals surface area contributed by atoms with Crippen molar-refractivity contribution in [3.63, 3.8) is 0 Å². The first-order chi connectivity index (χ1) is 14.2. The standard InChI is InChI=1S/C20H25NO2.3C2H6/c1-3-18(22)11-15-4-7-20-19(12-15)16(8-9-23-20)5-6-17-10-14(2)13-21-17;3*1-2/h4,7,10,12-14,16H,3,5-6,8-9,11H2,1-2H3;3*1-2H3. The van der Waals surface area contributed by atoms with Gasteiger partial charge in [-0.2, -0.15) is 0 Å². The second-order valence-electron chi connectivity index (χ2n) is 6.61. The van der Waals surface area contributed by atoms with Crippen molar-refractivity contribution in [2.75, 3.05) is 6.61 Å². The monoisotopic (exact) mass is 401 g/mol. The summed E-state index contributed by atoms with van der Waals surface area (Å²) < 4.78 is 5.80. The second kappa shape index (κ2) is 16.0. The molecule has 0 bridgehead atoms. The third-order valence-electron chi connectivity index (χ3n) is 4.71. The lowest BCUT2D eigenvalue weighted by Crippen LogP contribution is -2.15. The molecule has 0 radical (unpaired) electrons. The molecule has 0 fully saturated rings. The van der Waals surface area contributed by atoms with Gasteiger partial charge in [-0.25, -0.2) is 0 Å². The van der Waals surface area contributed by atoms with Gasteiger partial charge in [0, 0.05) is 30.7 Å². The van der Waals surface area contributed by atoms with Crippen molar-refractivity contribution < 1.29 is 9.53 Å². The van der Waals surface area contributed by atoms with E-state index in [0.717, 1.165) is 37.2 Å². The molecule has 29 heavy (non-hydrogen) atoms. The number of allylic oxidation sites excluding steroid dienone is 2. The lowest BCUT2D eigenvalue weighted by molar-refractivity contribution is -0.118. The summed E-state index contributed by atoms with van der Waals surface area (Å²) in [5, 5.41) is 0. The molecule has 0 N–H and O–H groups in total. The van der Waals surface area contributed by atoms with Crippen LogP contribution in [0.2, 0.25) is 0 Å². The highest BCUT2D eigenvalue weighted by Gasteiger charge is 2.22. The van der Waals surface area contributed by atoms with E-state index in [4.69, 9.17) is 4.74 Å². The maximum absolute atomic E-state index is 11.7. The molecular formula is C26H43NO2. The van der Waals surface area contributed by atoms with Crippen LogP contribution in [0.3, 0.4) is 0 Å². The van der Waals surface area contributed by atoms with Crippen LogP contribution < -0.4 is 4.74 Å². The number of carbonyl (C=O) groups is 1. The number of ether oxygens (including phenoxy) is 1. The highest BCUT2D eigenvalue weighted by Crippen LogP contribution is 2.38. The number of aliphatic imine (C=N–C) groups is 1. The van der Waals surface area contributed by atoms with E-state index in [9.17, 15) is 4.79 Å². The maximum Gasteiger partial charge on any atom is 0.136 e. The lowest BCUT2D eigenvalue weighted by Gasteiger charge is -2.26. The van der Waals surface area contributed by atoms with Crippen molar-refractivity contribution in [3.8, 4) is 5.75 Å². The van der Waals surface area contributed by atoms with Gasteiger partial charge in [0.15, 0.2) is 0 Å². The van der Waals surface area contributed by atoms with E-state index >= 15 is 0 Å². The van der Waals surface area contributed by atoms with Crippen LogP contribution in [-0.2, 0) is 11.2 Å². The van der Waals surface area contributed by atoms with E-state index in [2.05, 4.69) is 24.1 Å². The Hall–Kier alpha value is -1.90. The molecule has 0 aliphatic carbocycles. The van der Waals surface area contributed by atoms with Crippen LogP contribution in [0, 0.1) is 5.92 Å². The summed E-state index contributed by atoms with van der Waals surface area (Å²) in [7, 11) is 0. The quantitative estimate of drug-likeness (QED) is 0.494. The number of nitrogens with zero attached hydrogens (tertiary/aromatic N) is 1. The van der Waals surface area contributed by atoms with Gasteiger partial charge in [-0.3, -0.25) is 9.79 Å². The number of hydrogen-bond donors (Lipinski definition) is 0. The van der Waals surface area contributed by atoms with Gasteiger partial charge in [-0.1, -0.05) is 73.6 Å². The number of benzene rings is 1. The Morgan fingerprint density at radius 2 is 1.83 bits per heavy atom. The van der Waals surface area contributed by atoms with Gasteiger partial charge in [0.05, 0.1) is 6.61 Å². The fourth-order valence-electron chi connectivity index (χ4n) is 3.35. The summed E-state index contributed by atoms with van der Waals surface area (Å²) in [6, 6.07) is 6.25. The highest BCUT2D eigenvalue weighted by atomic mass is 16.5. The molecule has 2 aliphatic rings. The molecule has 0 saturated heterocycles. The third kappa shape index (κ3) is 8.97. The predicted octanol–water partition coefficient (Wildman–Crippen LogP) is 7.54. The molecule has 0 amide bonds. The van der Waals surface area contributed by atoms with Gasteiger partial charge in [0.2, 0.25) is 0 Å². The largest absolute Gasteiger partial charge is 0.493 e. The molecule has 2 atom stereocenters. The molecule has 1 aromatic rings. The minimum absolute atomic E-state index is 0.290. The summed E-state index contributed by atoms with van der Waals surface area (Å²) >= 11 is 0.